The van der Waals surface area contributed by atoms with E-state index in [1.165, 1.54) is 19.3 Å². The van der Waals surface area contributed by atoms with E-state index in [-0.39, 0.29) is 57.5 Å². The number of H-pyrrole nitrogens is 1. The van der Waals surface area contributed by atoms with E-state index in [9.17, 15) is 33.9 Å². The van der Waals surface area contributed by atoms with Gasteiger partial charge < -0.3 is 62.7 Å². The fraction of sp³-hybridized carbons (Fsp3) is 0.376. The lowest BCUT2D eigenvalue weighted by Crippen LogP contribution is -2.31. The third-order valence-electron chi connectivity index (χ3n) is 21.3. The molecule has 8 aromatic carbocycles. The van der Waals surface area contributed by atoms with Crippen LogP contribution in [0.2, 0.25) is 20.1 Å². The van der Waals surface area contributed by atoms with Crippen molar-refractivity contribution >= 4 is 105 Å². The molecule has 8 atom stereocenters. The number of aromatic nitrogens is 16. The van der Waals surface area contributed by atoms with Gasteiger partial charge in [-0.3, -0.25) is 29.2 Å². The van der Waals surface area contributed by atoms with Crippen LogP contribution < -0.4 is 43.9 Å². The molecule has 16 rings (SSSR count). The molecular formula is C93H108Cl4N22O17. The molecule has 0 spiro atoms. The lowest BCUT2D eigenvalue weighted by atomic mass is 9.99. The number of cyclic esters (lactones) is 4. The molecule has 12 aromatic rings. The van der Waals surface area contributed by atoms with E-state index >= 15 is 0 Å². The van der Waals surface area contributed by atoms with Crippen molar-refractivity contribution in [2.24, 2.45) is 0 Å². The molecule has 43 heteroatoms. The quantitative estimate of drug-likeness (QED) is 0.0249. The molecule has 39 nitrogen and oxygen atoms in total. The first-order valence-electron chi connectivity index (χ1n) is 43.9. The highest BCUT2D eigenvalue weighted by molar-refractivity contribution is 6.31. The Bertz CT molecular complexity index is 5790. The van der Waals surface area contributed by atoms with Crippen LogP contribution in [0, 0.1) is 0 Å². The number of carbonyl (C=O) groups excluding carboxylic acids is 6. The third kappa shape index (κ3) is 28.2. The maximum absolute atomic E-state index is 13.0. The summed E-state index contributed by atoms with van der Waals surface area (Å²) >= 11 is 24.0. The fourth-order valence-electron chi connectivity index (χ4n) is 14.9. The van der Waals surface area contributed by atoms with Gasteiger partial charge in [0.1, 0.15) is 98.0 Å². The summed E-state index contributed by atoms with van der Waals surface area (Å²) in [6.07, 6.45) is -1.84. The lowest BCUT2D eigenvalue weighted by Gasteiger charge is -2.25. The molecule has 3 N–H and O–H groups in total. The zero-order valence-electron chi connectivity index (χ0n) is 76.8. The minimum atomic E-state index is -0.648. The van der Waals surface area contributed by atoms with Crippen molar-refractivity contribution < 1.29 is 81.2 Å². The van der Waals surface area contributed by atoms with Gasteiger partial charge in [-0.1, -0.05) is 135 Å². The van der Waals surface area contributed by atoms with Gasteiger partial charge >= 0.3 is 36.3 Å². The number of halogens is 4. The van der Waals surface area contributed by atoms with E-state index < -0.39 is 78.9 Å². The van der Waals surface area contributed by atoms with E-state index in [0.29, 0.717) is 96.3 Å². The average Bonchev–Trinajstić information content (AvgIpc) is 1.64. The van der Waals surface area contributed by atoms with Crippen molar-refractivity contribution in [3.05, 3.63) is 260 Å². The number of ether oxygens (including phenoxy) is 10. The van der Waals surface area contributed by atoms with Crippen LogP contribution in [0.5, 0.6) is 23.0 Å². The number of aliphatic hydroxyl groups is 1. The first-order chi connectivity index (χ1) is 66.0. The Morgan fingerprint density at radius 2 is 0.721 bits per heavy atom. The maximum Gasteiger partial charge on any atom is 0.415 e. The first kappa shape index (κ1) is 103. The Hall–Kier alpha value is -13.7. The Morgan fingerprint density at radius 3 is 1.01 bits per heavy atom. The summed E-state index contributed by atoms with van der Waals surface area (Å²) in [5.74, 6) is 3.87. The second-order valence-corrected chi connectivity index (χ2v) is 31.9. The SMILES string of the molecule is CCCc1nnn(C[C@@H]2OC(=O)N(c3ccc(Cl)cc3)[C@H]2c2cccc(OC)c2)n1.CCN(CC)CCc1nnn(C[C@@H]2OC(=O)N(c3ccc(Cl)cc3)[C@H]2c2cccc(OC)c2)n1.CCNCC.CCOC(=O)Cc1nn[nH]n1.CCOC(=O)Cc1nnn(C[C@@H]2OC(=O)N(c3ccc(Cl)cc3)[C@H]2c2cccc(OC)c2)n1.COc1cccc([C@H]2[C@H](CO)OC(=O)N2c2ccc(Cl)cc2)c1. The highest BCUT2D eigenvalue weighted by Crippen LogP contribution is 2.44. The smallest absolute Gasteiger partial charge is 0.415 e. The molecule has 8 heterocycles. The minimum Gasteiger partial charge on any atom is -0.497 e. The summed E-state index contributed by atoms with van der Waals surface area (Å²) in [4.78, 5) is 86.5. The topological polar surface area (TPSA) is 428 Å². The molecule has 0 unspecified atom stereocenters. The summed E-state index contributed by atoms with van der Waals surface area (Å²) in [6, 6.07) is 56.3. The van der Waals surface area contributed by atoms with Crippen LogP contribution in [0.15, 0.2) is 194 Å². The van der Waals surface area contributed by atoms with E-state index in [2.05, 4.69) is 116 Å². The number of rotatable bonds is 34. The number of hydrogen-bond acceptors (Lipinski definition) is 31. The number of amides is 4. The van der Waals surface area contributed by atoms with Gasteiger partial charge in [0.15, 0.2) is 29.4 Å². The highest BCUT2D eigenvalue weighted by atomic mass is 35.5. The summed E-state index contributed by atoms with van der Waals surface area (Å²) < 4.78 is 53.6. The van der Waals surface area contributed by atoms with Crippen LogP contribution in [0.3, 0.4) is 0 Å². The van der Waals surface area contributed by atoms with E-state index in [1.54, 1.807) is 154 Å². The second kappa shape index (κ2) is 51.7. The van der Waals surface area contributed by atoms with Gasteiger partial charge in [-0.15, -0.1) is 40.8 Å². The molecule has 4 amide bonds. The number of likely N-dealkylation sites (N-methyl/N-ethyl adjacent to an activating group) is 1. The van der Waals surface area contributed by atoms with Gasteiger partial charge in [-0.2, -0.15) is 19.6 Å². The Labute approximate surface area is 805 Å². The minimum absolute atomic E-state index is 0.0737. The summed E-state index contributed by atoms with van der Waals surface area (Å²) in [7, 11) is 6.38. The molecule has 4 fully saturated rings. The van der Waals surface area contributed by atoms with E-state index in [1.807, 2.05) is 97.1 Å². The largest absolute Gasteiger partial charge is 0.497 e. The van der Waals surface area contributed by atoms with Gasteiger partial charge in [0.25, 0.3) is 0 Å². The summed E-state index contributed by atoms with van der Waals surface area (Å²) in [5, 5.41) is 65.4. The van der Waals surface area contributed by atoms with Crippen LogP contribution in [0.25, 0.3) is 0 Å². The molecule has 0 bridgehead atoms. The van der Waals surface area contributed by atoms with Crippen LogP contribution in [-0.4, -0.2) is 233 Å². The van der Waals surface area contributed by atoms with Crippen molar-refractivity contribution in [3.63, 3.8) is 0 Å². The molecule has 136 heavy (non-hydrogen) atoms. The van der Waals surface area contributed by atoms with Gasteiger partial charge in [-0.25, -0.2) is 19.2 Å². The summed E-state index contributed by atoms with van der Waals surface area (Å²) in [5.41, 5.74) is 6.07. The predicted octanol–water partition coefficient (Wildman–Crippen LogP) is 14.6. The predicted molar refractivity (Wildman–Crippen MR) is 505 cm³/mol. The lowest BCUT2D eigenvalue weighted by molar-refractivity contribution is -0.143. The number of nitrogens with zero attached hydrogens (tertiary/aromatic N) is 20. The molecule has 4 aromatic heterocycles. The van der Waals surface area contributed by atoms with E-state index in [4.69, 9.17) is 89.0 Å². The number of aryl methyl sites for hydroxylation is 1. The van der Waals surface area contributed by atoms with Crippen molar-refractivity contribution in [3.8, 4) is 23.0 Å². The number of hydrogen-bond donors (Lipinski definition) is 3. The highest BCUT2D eigenvalue weighted by Gasteiger charge is 2.49. The zero-order valence-corrected chi connectivity index (χ0v) is 79.9. The Morgan fingerprint density at radius 1 is 0.412 bits per heavy atom. The molecule has 720 valence electrons. The normalized spacial score (nSPS) is 17.4. The second-order valence-electron chi connectivity index (χ2n) is 30.2. The fourth-order valence-corrected chi connectivity index (χ4v) is 15.4. The number of nitrogens with one attached hydrogen (secondary N) is 2. The number of carbonyl (C=O) groups is 6. The number of anilines is 4. The number of aromatic amines is 1. The molecule has 4 aliphatic heterocycles. The van der Waals surface area contributed by atoms with Crippen molar-refractivity contribution in [2.75, 3.05) is 101 Å². The van der Waals surface area contributed by atoms with Gasteiger partial charge in [-0.05, 0) is 230 Å². The number of methoxy groups -OCH3 is 4. The van der Waals surface area contributed by atoms with Crippen LogP contribution in [-0.2, 0) is 83.3 Å². The number of esters is 2. The molecule has 0 saturated carbocycles. The monoisotopic (exact) mass is 1940 g/mol. The number of tetrazole rings is 4. The molecule has 4 saturated heterocycles. The van der Waals surface area contributed by atoms with Gasteiger partial charge in [0.05, 0.1) is 48.3 Å². The molecular weight excluding hydrogens is 1840 g/mol. The number of benzene rings is 8. The molecule has 4 aliphatic rings. The Kier molecular flexibility index (Phi) is 39.1. The standard InChI is InChI=1S/C24H29ClN6O3.C22H22ClN5O5.C21H22ClN5O3.C17H16ClNO4.C5H8N4O2.C4H11N/c1-4-29(5-2)14-13-22-26-28-30(27-22)16-21-23(17-7-6-8-20(15-17)33-3)31(24(32)34-21)19-11-9-18(25)10-12-19;1-3-32-20(29)12-19-24-26-27(25-19)13-18-21(14-5-4-6-17(11-14)31-2)28(22(30)33-18)16-9-7-15(23)8-10-16;1-3-5-19-23-25-26(24-19)13-18-20(14-6-4-7-17(12-14)29-2)27(21(28)30-18)16-10-8-15(22)9-11-16;1-22-14-4-2-3-11(9-14)16-15(10-20)23-17(21)19(16)13-7-5-12(18)6-8-13;1-2-11-5(10)3-4-6-8-9-7-4;1-3-5-4-2/h6-12,15,21,23H,4-5,13-14,16H2,1-3H3;4-11,18,21H,3,12-13H2,1-2H3;4,6-12,18,20H,3,5,13H2,1-2H3;2-9,15-16,20H,10H2,1H3;2-3H2,1H3,(H,6,7,8,9);5H,3-4H2,1-2H3/t21-,23-;18-,21-;18-,20-;15-,16-;;/m0000../s1. The molecule has 0 aliphatic carbocycles. The van der Waals surface area contributed by atoms with Crippen molar-refractivity contribution in [1.29, 1.82) is 0 Å². The van der Waals surface area contributed by atoms with Crippen LogP contribution in [0.1, 0.15) is 125 Å². The zero-order chi connectivity index (χ0) is 97.2. The van der Waals surface area contributed by atoms with E-state index in [0.717, 1.165) is 67.8 Å². The van der Waals surface area contributed by atoms with Crippen LogP contribution >= 0.6 is 46.4 Å². The molecule has 0 radical (unpaired) electrons. The van der Waals surface area contributed by atoms with Gasteiger partial charge in [0, 0.05) is 62.2 Å². The Balaban J connectivity index is 0.000000166. The average molecular weight is 1950 g/mol. The van der Waals surface area contributed by atoms with Crippen LogP contribution in [0.4, 0.5) is 41.9 Å². The number of aliphatic hydroxyl groups excluding tert-OH is 1. The summed E-state index contributed by atoms with van der Waals surface area (Å²) in [6.45, 7) is 20.1. The van der Waals surface area contributed by atoms with Crippen molar-refractivity contribution in [1.82, 2.24) is 91.5 Å². The third-order valence-corrected chi connectivity index (χ3v) is 22.3. The first-order valence-corrected chi connectivity index (χ1v) is 45.4. The van der Waals surface area contributed by atoms with Crippen molar-refractivity contribution in [2.45, 2.75) is 149 Å². The van der Waals surface area contributed by atoms with Gasteiger partial charge in [0.2, 0.25) is 0 Å². The maximum atomic E-state index is 13.0.